The Kier molecular flexibility index (Phi) is 2.94. The van der Waals surface area contributed by atoms with Crippen molar-refractivity contribution in [3.8, 4) is 0 Å². The van der Waals surface area contributed by atoms with Crippen LogP contribution in [0.4, 0.5) is 5.82 Å². The molecule has 3 heterocycles. The van der Waals surface area contributed by atoms with Crippen molar-refractivity contribution in [2.24, 2.45) is 7.05 Å². The highest BCUT2D eigenvalue weighted by molar-refractivity contribution is 6.07. The van der Waals surface area contributed by atoms with Crippen LogP contribution in [0.2, 0.25) is 0 Å². The van der Waals surface area contributed by atoms with Gasteiger partial charge in [-0.05, 0) is 18.6 Å². The molecule has 0 saturated heterocycles. The molecule has 0 saturated carbocycles. The monoisotopic (exact) mass is 270 g/mol. The van der Waals surface area contributed by atoms with Crippen molar-refractivity contribution in [3.05, 3.63) is 35.8 Å². The summed E-state index contributed by atoms with van der Waals surface area (Å²) in [4.78, 5) is 16.1. The number of amides is 1. The molecule has 0 radical (unpaired) electrons. The fraction of sp³-hybridized carbons (Fsp3) is 0.231. The maximum absolute atomic E-state index is 12.1. The minimum Gasteiger partial charge on any atom is -0.306 e. The number of hydrogen-bond donors (Lipinski definition) is 2. The number of pyridine rings is 1. The number of aromatic amines is 1. The van der Waals surface area contributed by atoms with E-state index in [1.807, 2.05) is 14.0 Å². The maximum atomic E-state index is 12.1. The number of nitrogens with zero attached hydrogens (tertiary/aromatic N) is 4. The predicted molar refractivity (Wildman–Crippen MR) is 74.4 cm³/mol. The lowest BCUT2D eigenvalue weighted by molar-refractivity contribution is 0.102. The van der Waals surface area contributed by atoms with E-state index in [1.165, 1.54) is 6.20 Å². The van der Waals surface area contributed by atoms with Crippen LogP contribution in [0.5, 0.6) is 0 Å². The Labute approximate surface area is 115 Å². The van der Waals surface area contributed by atoms with Gasteiger partial charge in [0.2, 0.25) is 0 Å². The van der Waals surface area contributed by atoms with Gasteiger partial charge >= 0.3 is 0 Å². The largest absolute Gasteiger partial charge is 0.306 e. The molecule has 0 aliphatic rings. The average molecular weight is 270 g/mol. The van der Waals surface area contributed by atoms with Gasteiger partial charge in [-0.15, -0.1) is 0 Å². The summed E-state index contributed by atoms with van der Waals surface area (Å²) in [7, 11) is 1.83. The highest BCUT2D eigenvalue weighted by Gasteiger charge is 2.17. The van der Waals surface area contributed by atoms with Crippen LogP contribution in [0, 0.1) is 0 Å². The summed E-state index contributed by atoms with van der Waals surface area (Å²) in [5.74, 6) is 0.341. The first kappa shape index (κ1) is 12.3. The molecule has 20 heavy (non-hydrogen) atoms. The molecule has 0 aromatic carbocycles. The minimum absolute atomic E-state index is 0.227. The van der Waals surface area contributed by atoms with Gasteiger partial charge < -0.3 is 5.32 Å². The first-order chi connectivity index (χ1) is 9.70. The number of carbonyl (C=O) groups is 1. The number of fused-ring (bicyclic) bond motifs is 1. The van der Waals surface area contributed by atoms with Crippen molar-refractivity contribution in [1.29, 1.82) is 0 Å². The number of aryl methyl sites for hydroxylation is 2. The van der Waals surface area contributed by atoms with E-state index in [1.54, 1.807) is 23.0 Å². The van der Waals surface area contributed by atoms with Gasteiger partial charge in [0.1, 0.15) is 5.82 Å². The smallest absolute Gasteiger partial charge is 0.258 e. The number of rotatable bonds is 3. The standard InChI is InChI=1S/C13H14N6O/c1-3-9-10-11(16-17-12(10)19(2)18-9)15-13(20)8-5-4-6-14-7-8/h4-7H,3H2,1-2H3,(H2,15,16,17,20). The maximum Gasteiger partial charge on any atom is 0.258 e. The molecule has 7 nitrogen and oxygen atoms in total. The average Bonchev–Trinajstić information content (AvgIpc) is 3.02. The highest BCUT2D eigenvalue weighted by Crippen LogP contribution is 2.24. The van der Waals surface area contributed by atoms with Crippen LogP contribution in [-0.4, -0.2) is 30.9 Å². The number of carbonyl (C=O) groups excluding carboxylic acids is 1. The summed E-state index contributed by atoms with van der Waals surface area (Å²) in [5, 5.41) is 15.1. The normalized spacial score (nSPS) is 10.9. The molecule has 0 unspecified atom stereocenters. The molecule has 0 aliphatic carbocycles. The highest BCUT2D eigenvalue weighted by atomic mass is 16.1. The van der Waals surface area contributed by atoms with Crippen LogP contribution in [0.25, 0.3) is 11.0 Å². The molecule has 0 fully saturated rings. The number of aromatic nitrogens is 5. The molecule has 3 rings (SSSR count). The van der Waals surface area contributed by atoms with E-state index in [0.29, 0.717) is 11.4 Å². The summed E-state index contributed by atoms with van der Waals surface area (Å²) in [6, 6.07) is 3.43. The molecule has 0 atom stereocenters. The zero-order chi connectivity index (χ0) is 14.1. The number of hydrogen-bond acceptors (Lipinski definition) is 4. The SMILES string of the molecule is CCc1nn(C)c2n[nH]c(NC(=O)c3cccnc3)c12. The first-order valence-corrected chi connectivity index (χ1v) is 6.32. The van der Waals surface area contributed by atoms with E-state index < -0.39 is 0 Å². The van der Waals surface area contributed by atoms with Gasteiger partial charge in [0, 0.05) is 19.4 Å². The zero-order valence-corrected chi connectivity index (χ0v) is 11.2. The van der Waals surface area contributed by atoms with Crippen LogP contribution in [-0.2, 0) is 13.5 Å². The Morgan fingerprint density at radius 2 is 2.35 bits per heavy atom. The van der Waals surface area contributed by atoms with Crippen molar-refractivity contribution >= 4 is 22.8 Å². The van der Waals surface area contributed by atoms with Crippen molar-refractivity contribution in [2.45, 2.75) is 13.3 Å². The van der Waals surface area contributed by atoms with Crippen LogP contribution < -0.4 is 5.32 Å². The van der Waals surface area contributed by atoms with E-state index >= 15 is 0 Å². The summed E-state index contributed by atoms with van der Waals surface area (Å²) in [5.41, 5.74) is 2.12. The number of H-pyrrole nitrogens is 1. The molecule has 3 aromatic rings. The van der Waals surface area contributed by atoms with Crippen LogP contribution in [0.15, 0.2) is 24.5 Å². The van der Waals surface area contributed by atoms with Crippen LogP contribution in [0.3, 0.4) is 0 Å². The number of nitrogens with one attached hydrogen (secondary N) is 2. The Bertz CT molecular complexity index is 758. The third-order valence-corrected chi connectivity index (χ3v) is 3.11. The van der Waals surface area contributed by atoms with Gasteiger partial charge in [-0.2, -0.15) is 10.2 Å². The van der Waals surface area contributed by atoms with E-state index in [4.69, 9.17) is 0 Å². The fourth-order valence-corrected chi connectivity index (χ4v) is 2.14. The molecule has 0 bridgehead atoms. The van der Waals surface area contributed by atoms with Gasteiger partial charge in [-0.25, -0.2) is 4.68 Å². The summed E-state index contributed by atoms with van der Waals surface area (Å²) in [6.45, 7) is 2.02. The molecule has 1 amide bonds. The van der Waals surface area contributed by atoms with Crippen molar-refractivity contribution in [1.82, 2.24) is 25.0 Å². The first-order valence-electron chi connectivity index (χ1n) is 6.32. The van der Waals surface area contributed by atoms with Gasteiger partial charge in [0.25, 0.3) is 5.91 Å². The second kappa shape index (κ2) is 4.76. The van der Waals surface area contributed by atoms with Crippen LogP contribution in [0.1, 0.15) is 23.0 Å². The lowest BCUT2D eigenvalue weighted by Crippen LogP contribution is -2.12. The van der Waals surface area contributed by atoms with Crippen LogP contribution >= 0.6 is 0 Å². The molecule has 0 aliphatic heterocycles. The predicted octanol–water partition coefficient (Wildman–Crippen LogP) is 1.51. The van der Waals surface area contributed by atoms with Crippen molar-refractivity contribution in [3.63, 3.8) is 0 Å². The molecular formula is C13H14N6O. The topological polar surface area (TPSA) is 88.5 Å². The van der Waals surface area contributed by atoms with E-state index in [2.05, 4.69) is 25.6 Å². The van der Waals surface area contributed by atoms with Gasteiger partial charge in [0.05, 0.1) is 16.6 Å². The second-order valence-electron chi connectivity index (χ2n) is 4.42. The van der Waals surface area contributed by atoms with Crippen molar-refractivity contribution in [2.75, 3.05) is 5.32 Å². The molecule has 2 N–H and O–H groups in total. The zero-order valence-electron chi connectivity index (χ0n) is 11.2. The Morgan fingerprint density at radius 1 is 1.50 bits per heavy atom. The van der Waals surface area contributed by atoms with E-state index in [0.717, 1.165) is 23.1 Å². The second-order valence-corrected chi connectivity index (χ2v) is 4.42. The fourth-order valence-electron chi connectivity index (χ4n) is 2.14. The molecule has 7 heteroatoms. The summed E-state index contributed by atoms with van der Waals surface area (Å²) in [6.07, 6.45) is 3.92. The minimum atomic E-state index is -0.227. The van der Waals surface area contributed by atoms with Gasteiger partial charge in [0.15, 0.2) is 5.65 Å². The molecule has 3 aromatic heterocycles. The van der Waals surface area contributed by atoms with Gasteiger partial charge in [-0.1, -0.05) is 6.92 Å². The third kappa shape index (κ3) is 1.93. The van der Waals surface area contributed by atoms with E-state index in [-0.39, 0.29) is 5.91 Å². The number of anilines is 1. The molecule has 102 valence electrons. The van der Waals surface area contributed by atoms with Crippen molar-refractivity contribution < 1.29 is 4.79 Å². The molecule has 0 spiro atoms. The summed E-state index contributed by atoms with van der Waals surface area (Å²) < 4.78 is 1.70. The third-order valence-electron chi connectivity index (χ3n) is 3.11. The Balaban J connectivity index is 1.97. The Morgan fingerprint density at radius 3 is 3.05 bits per heavy atom. The van der Waals surface area contributed by atoms with Gasteiger partial charge in [-0.3, -0.25) is 14.9 Å². The lowest BCUT2D eigenvalue weighted by atomic mass is 10.2. The lowest BCUT2D eigenvalue weighted by Gasteiger charge is -2.02. The Hall–Kier alpha value is -2.70. The van der Waals surface area contributed by atoms with E-state index in [9.17, 15) is 4.79 Å². The quantitative estimate of drug-likeness (QED) is 0.755. The summed E-state index contributed by atoms with van der Waals surface area (Å²) >= 11 is 0. The molecular weight excluding hydrogens is 256 g/mol.